The molecule has 0 aromatic carbocycles. The van der Waals surface area contributed by atoms with Crippen LogP contribution in [0.2, 0.25) is 0 Å². The molecule has 1 unspecified atom stereocenters. The van der Waals surface area contributed by atoms with Gasteiger partial charge >= 0.3 is 0 Å². The Labute approximate surface area is 113 Å². The normalized spacial score (nSPS) is 13.1. The number of nitrogens with zero attached hydrogens (tertiary/aromatic N) is 2. The van der Waals surface area contributed by atoms with Gasteiger partial charge in [-0.15, -0.1) is 0 Å². The van der Waals surface area contributed by atoms with E-state index in [1.165, 1.54) is 0 Å². The summed E-state index contributed by atoms with van der Waals surface area (Å²) in [5, 5.41) is 7.26. The zero-order valence-electron chi connectivity index (χ0n) is 11.9. The van der Waals surface area contributed by atoms with Crippen LogP contribution < -0.4 is 5.32 Å². The monoisotopic (exact) mass is 263 g/mol. The smallest absolute Gasteiger partial charge is 0.238 e. The second-order valence-electron chi connectivity index (χ2n) is 5.26. The maximum atomic E-state index is 5.36. The van der Waals surface area contributed by atoms with Crippen LogP contribution in [0.25, 0.3) is 11.6 Å². The first-order valence-electron chi connectivity index (χ1n) is 6.64. The molecule has 0 spiro atoms. The fourth-order valence-corrected chi connectivity index (χ4v) is 2.11. The molecule has 2 aromatic heterocycles. The Morgan fingerprint density at radius 2 is 2.16 bits per heavy atom. The molecule has 0 radical (unpaired) electrons. The highest BCUT2D eigenvalue weighted by atomic mass is 16.5. The SMILES string of the molecule is CNC(Cc1nc(-c2occc2C)no1)CC(C)C. The lowest BCUT2D eigenvalue weighted by Crippen LogP contribution is -2.29. The molecule has 5 heteroatoms. The van der Waals surface area contributed by atoms with Crippen LogP contribution in [0.15, 0.2) is 21.3 Å². The zero-order valence-corrected chi connectivity index (χ0v) is 11.9. The molecule has 2 heterocycles. The van der Waals surface area contributed by atoms with Gasteiger partial charge in [0.15, 0.2) is 5.76 Å². The Balaban J connectivity index is 2.07. The van der Waals surface area contributed by atoms with Crippen LogP contribution in [0.1, 0.15) is 31.7 Å². The highest BCUT2D eigenvalue weighted by molar-refractivity contribution is 5.50. The highest BCUT2D eigenvalue weighted by Crippen LogP contribution is 2.21. The van der Waals surface area contributed by atoms with Crippen molar-refractivity contribution >= 4 is 0 Å². The topological polar surface area (TPSA) is 64.1 Å². The fourth-order valence-electron chi connectivity index (χ4n) is 2.11. The summed E-state index contributed by atoms with van der Waals surface area (Å²) < 4.78 is 10.7. The van der Waals surface area contributed by atoms with Crippen molar-refractivity contribution in [3.05, 3.63) is 23.8 Å². The summed E-state index contributed by atoms with van der Waals surface area (Å²) in [6, 6.07) is 2.24. The number of nitrogens with one attached hydrogen (secondary N) is 1. The van der Waals surface area contributed by atoms with E-state index in [4.69, 9.17) is 8.94 Å². The Kier molecular flexibility index (Phi) is 4.37. The average molecular weight is 263 g/mol. The van der Waals surface area contributed by atoms with Gasteiger partial charge in [-0.1, -0.05) is 19.0 Å². The van der Waals surface area contributed by atoms with Gasteiger partial charge in [0, 0.05) is 12.5 Å². The van der Waals surface area contributed by atoms with E-state index >= 15 is 0 Å². The van der Waals surface area contributed by atoms with Crippen molar-refractivity contribution in [2.45, 2.75) is 39.7 Å². The van der Waals surface area contributed by atoms with Gasteiger partial charge in [-0.25, -0.2) is 0 Å². The summed E-state index contributed by atoms with van der Waals surface area (Å²) in [5.41, 5.74) is 1.01. The Bertz CT molecular complexity index is 516. The summed E-state index contributed by atoms with van der Waals surface area (Å²) in [6.45, 7) is 6.37. The van der Waals surface area contributed by atoms with Crippen molar-refractivity contribution in [1.82, 2.24) is 15.5 Å². The van der Waals surface area contributed by atoms with Gasteiger partial charge in [-0.05, 0) is 37.9 Å². The molecule has 19 heavy (non-hydrogen) atoms. The Morgan fingerprint density at radius 1 is 1.37 bits per heavy atom. The highest BCUT2D eigenvalue weighted by Gasteiger charge is 2.17. The lowest BCUT2D eigenvalue weighted by molar-refractivity contribution is 0.345. The van der Waals surface area contributed by atoms with Crippen molar-refractivity contribution in [3.63, 3.8) is 0 Å². The van der Waals surface area contributed by atoms with Crippen LogP contribution in [-0.4, -0.2) is 23.2 Å². The number of likely N-dealkylation sites (N-methyl/N-ethyl adjacent to an activating group) is 1. The van der Waals surface area contributed by atoms with Crippen molar-refractivity contribution < 1.29 is 8.94 Å². The fraction of sp³-hybridized carbons (Fsp3) is 0.571. The average Bonchev–Trinajstić information content (AvgIpc) is 2.96. The second-order valence-corrected chi connectivity index (χ2v) is 5.26. The first kappa shape index (κ1) is 13.8. The third-order valence-electron chi connectivity index (χ3n) is 3.12. The molecule has 2 aromatic rings. The van der Waals surface area contributed by atoms with Crippen molar-refractivity contribution in [1.29, 1.82) is 0 Å². The maximum Gasteiger partial charge on any atom is 0.238 e. The molecule has 2 rings (SSSR count). The van der Waals surface area contributed by atoms with Crippen LogP contribution in [0.4, 0.5) is 0 Å². The molecule has 0 aliphatic rings. The molecular weight excluding hydrogens is 242 g/mol. The predicted octanol–water partition coefficient (Wildman–Crippen LogP) is 2.81. The molecule has 0 saturated carbocycles. The van der Waals surface area contributed by atoms with Crippen molar-refractivity contribution in [2.24, 2.45) is 5.92 Å². The number of aryl methyl sites for hydroxylation is 1. The number of rotatable bonds is 6. The summed E-state index contributed by atoms with van der Waals surface area (Å²) in [7, 11) is 1.96. The van der Waals surface area contributed by atoms with Gasteiger partial charge < -0.3 is 14.3 Å². The Hall–Kier alpha value is -1.62. The molecular formula is C14H21N3O2. The van der Waals surface area contributed by atoms with E-state index in [0.717, 1.165) is 18.4 Å². The molecule has 1 N–H and O–H groups in total. The van der Waals surface area contributed by atoms with E-state index in [1.54, 1.807) is 6.26 Å². The largest absolute Gasteiger partial charge is 0.461 e. The molecule has 0 amide bonds. The minimum atomic E-state index is 0.353. The molecule has 0 aliphatic heterocycles. The second kappa shape index (κ2) is 6.02. The Morgan fingerprint density at radius 3 is 2.74 bits per heavy atom. The van der Waals surface area contributed by atoms with E-state index in [1.807, 2.05) is 20.0 Å². The minimum Gasteiger partial charge on any atom is -0.461 e. The molecule has 0 saturated heterocycles. The molecule has 1 atom stereocenters. The van der Waals surface area contributed by atoms with Crippen LogP contribution in [0.5, 0.6) is 0 Å². The quantitative estimate of drug-likeness (QED) is 0.868. The maximum absolute atomic E-state index is 5.36. The van der Waals surface area contributed by atoms with Crippen LogP contribution in [0.3, 0.4) is 0 Å². The number of hydrogen-bond acceptors (Lipinski definition) is 5. The first-order valence-corrected chi connectivity index (χ1v) is 6.64. The molecule has 5 nitrogen and oxygen atoms in total. The van der Waals surface area contributed by atoms with Crippen LogP contribution in [0, 0.1) is 12.8 Å². The third-order valence-corrected chi connectivity index (χ3v) is 3.12. The van der Waals surface area contributed by atoms with Crippen LogP contribution in [-0.2, 0) is 6.42 Å². The van der Waals surface area contributed by atoms with Crippen LogP contribution >= 0.6 is 0 Å². The van der Waals surface area contributed by atoms with E-state index < -0.39 is 0 Å². The summed E-state index contributed by atoms with van der Waals surface area (Å²) in [4.78, 5) is 4.40. The van der Waals surface area contributed by atoms with E-state index in [2.05, 4.69) is 29.3 Å². The summed E-state index contributed by atoms with van der Waals surface area (Å²) >= 11 is 0. The van der Waals surface area contributed by atoms with Gasteiger partial charge in [-0.2, -0.15) is 4.98 Å². The van der Waals surface area contributed by atoms with E-state index in [-0.39, 0.29) is 0 Å². The lowest BCUT2D eigenvalue weighted by atomic mass is 10.0. The van der Waals surface area contributed by atoms with Crippen molar-refractivity contribution in [2.75, 3.05) is 7.05 Å². The molecule has 104 valence electrons. The van der Waals surface area contributed by atoms with Gasteiger partial charge in [0.2, 0.25) is 11.7 Å². The standard InChI is InChI=1S/C14H21N3O2/c1-9(2)7-11(15-4)8-12-16-14(17-19-12)13-10(3)5-6-18-13/h5-6,9,11,15H,7-8H2,1-4H3. The predicted molar refractivity (Wildman–Crippen MR) is 72.7 cm³/mol. The lowest BCUT2D eigenvalue weighted by Gasteiger charge is -2.15. The zero-order chi connectivity index (χ0) is 13.8. The number of aromatic nitrogens is 2. The first-order chi connectivity index (χ1) is 9.10. The van der Waals surface area contributed by atoms with Gasteiger partial charge in [0.1, 0.15) is 0 Å². The van der Waals surface area contributed by atoms with Crippen molar-refractivity contribution in [3.8, 4) is 11.6 Å². The van der Waals surface area contributed by atoms with Gasteiger partial charge in [-0.3, -0.25) is 0 Å². The third kappa shape index (κ3) is 3.44. The summed E-state index contributed by atoms with van der Waals surface area (Å²) in [6.07, 6.45) is 3.45. The van der Waals surface area contributed by atoms with Gasteiger partial charge in [0.25, 0.3) is 0 Å². The van der Waals surface area contributed by atoms with Gasteiger partial charge in [0.05, 0.1) is 6.26 Å². The van der Waals surface area contributed by atoms with E-state index in [0.29, 0.717) is 29.4 Å². The molecule has 0 bridgehead atoms. The number of hydrogen-bond donors (Lipinski definition) is 1. The minimum absolute atomic E-state index is 0.353. The molecule has 0 fully saturated rings. The molecule has 0 aliphatic carbocycles. The summed E-state index contributed by atoms with van der Waals surface area (Å²) in [5.74, 6) is 2.48. The number of furan rings is 1. The van der Waals surface area contributed by atoms with E-state index in [9.17, 15) is 0 Å².